The molecule has 6 heteroatoms. The second-order valence-electron chi connectivity index (χ2n) is 8.77. The Morgan fingerprint density at radius 1 is 1.18 bits per heavy atom. The maximum atomic E-state index is 13.0. The molecule has 154 valence electrons. The van der Waals surface area contributed by atoms with E-state index in [1.54, 1.807) is 4.90 Å². The fraction of sp³-hybridized carbons (Fsp3) is 0.636. The second kappa shape index (κ2) is 8.21. The molecule has 4 N–H and O–H groups in total. The van der Waals surface area contributed by atoms with Gasteiger partial charge in [0.05, 0.1) is 5.54 Å². The lowest BCUT2D eigenvalue weighted by molar-refractivity contribution is -0.158. The van der Waals surface area contributed by atoms with Crippen LogP contribution >= 0.6 is 0 Å². The van der Waals surface area contributed by atoms with Crippen LogP contribution in [-0.4, -0.2) is 46.1 Å². The van der Waals surface area contributed by atoms with Crippen molar-refractivity contribution in [1.29, 1.82) is 0 Å². The lowest BCUT2D eigenvalue weighted by Gasteiger charge is -2.40. The van der Waals surface area contributed by atoms with Gasteiger partial charge in [-0.25, -0.2) is 0 Å². The minimum absolute atomic E-state index is 0.0670. The number of rotatable bonds is 7. The summed E-state index contributed by atoms with van der Waals surface area (Å²) < 4.78 is 0. The van der Waals surface area contributed by atoms with Crippen LogP contribution < -0.4 is 11.1 Å². The van der Waals surface area contributed by atoms with Crippen molar-refractivity contribution in [2.24, 2.45) is 5.73 Å². The van der Waals surface area contributed by atoms with E-state index in [-0.39, 0.29) is 18.4 Å². The number of carbonyl (C=O) groups is 2. The fourth-order valence-electron chi connectivity index (χ4n) is 4.41. The van der Waals surface area contributed by atoms with Crippen LogP contribution in [0.3, 0.4) is 0 Å². The van der Waals surface area contributed by atoms with Gasteiger partial charge in [-0.3, -0.25) is 14.9 Å². The Labute approximate surface area is 167 Å². The highest BCUT2D eigenvalue weighted by atomic mass is 16.3. The number of aliphatic hydroxyl groups is 1. The molecule has 1 aromatic rings. The van der Waals surface area contributed by atoms with Gasteiger partial charge in [0, 0.05) is 19.6 Å². The van der Waals surface area contributed by atoms with E-state index in [9.17, 15) is 14.7 Å². The van der Waals surface area contributed by atoms with E-state index in [1.807, 2.05) is 0 Å². The van der Waals surface area contributed by atoms with Crippen molar-refractivity contribution < 1.29 is 14.7 Å². The topological polar surface area (TPSA) is 95.7 Å². The van der Waals surface area contributed by atoms with Crippen LogP contribution in [0.15, 0.2) is 24.3 Å². The monoisotopic (exact) mass is 387 g/mol. The molecular weight excluding hydrogens is 354 g/mol. The SMILES string of the molecule is CC(C)c1ccc(CN2CCCC(O)(CNC3(C(N)=O)CCCC3)C2=O)cc1. The minimum Gasteiger partial charge on any atom is -0.379 e. The Balaban J connectivity index is 1.66. The molecular formula is C22H33N3O3. The molecule has 0 aromatic heterocycles. The van der Waals surface area contributed by atoms with Crippen molar-refractivity contribution in [3.8, 4) is 0 Å². The Morgan fingerprint density at radius 2 is 1.82 bits per heavy atom. The van der Waals surface area contributed by atoms with Gasteiger partial charge >= 0.3 is 0 Å². The van der Waals surface area contributed by atoms with Gasteiger partial charge in [-0.1, -0.05) is 51.0 Å². The number of likely N-dealkylation sites (tertiary alicyclic amines) is 1. The van der Waals surface area contributed by atoms with Crippen LogP contribution in [0.25, 0.3) is 0 Å². The third-order valence-corrected chi connectivity index (χ3v) is 6.37. The summed E-state index contributed by atoms with van der Waals surface area (Å²) in [6, 6.07) is 8.29. The lowest BCUT2D eigenvalue weighted by Crippen LogP contribution is -2.63. The average molecular weight is 388 g/mol. The first-order chi connectivity index (χ1) is 13.3. The van der Waals surface area contributed by atoms with Crippen molar-refractivity contribution in [3.05, 3.63) is 35.4 Å². The van der Waals surface area contributed by atoms with Gasteiger partial charge in [0.1, 0.15) is 0 Å². The highest BCUT2D eigenvalue weighted by Crippen LogP contribution is 2.31. The summed E-state index contributed by atoms with van der Waals surface area (Å²) in [6.45, 7) is 5.49. The van der Waals surface area contributed by atoms with E-state index in [0.29, 0.717) is 38.3 Å². The first-order valence-electron chi connectivity index (χ1n) is 10.4. The van der Waals surface area contributed by atoms with Gasteiger partial charge in [-0.15, -0.1) is 0 Å². The number of hydrogen-bond donors (Lipinski definition) is 3. The zero-order chi connectivity index (χ0) is 20.4. The molecule has 1 aliphatic heterocycles. The van der Waals surface area contributed by atoms with Gasteiger partial charge in [-0.05, 0) is 42.7 Å². The maximum Gasteiger partial charge on any atom is 0.256 e. The number of piperidine rings is 1. The Bertz CT molecular complexity index is 710. The second-order valence-corrected chi connectivity index (χ2v) is 8.77. The molecule has 2 fully saturated rings. The van der Waals surface area contributed by atoms with Crippen LogP contribution in [0.2, 0.25) is 0 Å². The molecule has 6 nitrogen and oxygen atoms in total. The minimum atomic E-state index is -1.48. The third-order valence-electron chi connectivity index (χ3n) is 6.37. The van der Waals surface area contributed by atoms with Gasteiger partial charge in [0.15, 0.2) is 5.60 Å². The molecule has 1 aromatic carbocycles. The number of carbonyl (C=O) groups excluding carboxylic acids is 2. The fourth-order valence-corrected chi connectivity index (χ4v) is 4.41. The molecule has 1 aliphatic carbocycles. The molecule has 1 saturated heterocycles. The van der Waals surface area contributed by atoms with Gasteiger partial charge < -0.3 is 15.7 Å². The molecule has 28 heavy (non-hydrogen) atoms. The Morgan fingerprint density at radius 3 is 2.39 bits per heavy atom. The highest BCUT2D eigenvalue weighted by molar-refractivity contribution is 5.87. The number of β-amino-alcohol motifs (C(OH)–C–C–N with tert-alkyl or cyclic N) is 1. The van der Waals surface area contributed by atoms with Crippen LogP contribution in [0.1, 0.15) is 69.4 Å². The summed E-state index contributed by atoms with van der Waals surface area (Å²) in [5, 5.41) is 14.2. The largest absolute Gasteiger partial charge is 0.379 e. The average Bonchev–Trinajstić information content (AvgIpc) is 3.15. The van der Waals surface area contributed by atoms with E-state index in [1.165, 1.54) is 5.56 Å². The predicted molar refractivity (Wildman–Crippen MR) is 109 cm³/mol. The number of nitrogens with zero attached hydrogens (tertiary/aromatic N) is 1. The number of hydrogen-bond acceptors (Lipinski definition) is 4. The van der Waals surface area contributed by atoms with E-state index in [4.69, 9.17) is 5.73 Å². The Kier molecular flexibility index (Phi) is 6.10. The van der Waals surface area contributed by atoms with Crippen molar-refractivity contribution >= 4 is 11.8 Å². The van der Waals surface area contributed by atoms with Crippen LogP contribution in [-0.2, 0) is 16.1 Å². The summed E-state index contributed by atoms with van der Waals surface area (Å²) in [4.78, 5) is 26.7. The summed E-state index contributed by atoms with van der Waals surface area (Å²) in [5.74, 6) is -0.189. The van der Waals surface area contributed by atoms with E-state index in [0.717, 1.165) is 24.8 Å². The van der Waals surface area contributed by atoms with E-state index in [2.05, 4.69) is 43.4 Å². The molecule has 1 heterocycles. The van der Waals surface area contributed by atoms with Crippen LogP contribution in [0.4, 0.5) is 0 Å². The molecule has 1 unspecified atom stereocenters. The molecule has 2 aliphatic rings. The molecule has 0 bridgehead atoms. The van der Waals surface area contributed by atoms with Gasteiger partial charge in [-0.2, -0.15) is 0 Å². The Hall–Kier alpha value is -1.92. The lowest BCUT2D eigenvalue weighted by atomic mass is 9.88. The van der Waals surface area contributed by atoms with Gasteiger partial charge in [0.25, 0.3) is 5.91 Å². The standard InChI is InChI=1S/C22H33N3O3/c1-16(2)18-8-6-17(7-9-18)14-25-13-5-12-22(28,20(25)27)15-24-21(19(23)26)10-3-4-11-21/h6-9,16,24,28H,3-5,10-15H2,1-2H3,(H2,23,26). The van der Waals surface area contributed by atoms with E-state index < -0.39 is 11.1 Å². The molecule has 1 saturated carbocycles. The van der Waals surface area contributed by atoms with Gasteiger partial charge in [0.2, 0.25) is 5.91 Å². The zero-order valence-electron chi connectivity index (χ0n) is 17.0. The van der Waals surface area contributed by atoms with E-state index >= 15 is 0 Å². The molecule has 0 spiro atoms. The highest BCUT2D eigenvalue weighted by Gasteiger charge is 2.46. The molecule has 1 atom stereocenters. The van der Waals surface area contributed by atoms with Crippen LogP contribution in [0.5, 0.6) is 0 Å². The van der Waals surface area contributed by atoms with Crippen molar-refractivity contribution in [2.75, 3.05) is 13.1 Å². The van der Waals surface area contributed by atoms with Crippen molar-refractivity contribution in [2.45, 2.75) is 76.0 Å². The molecule has 2 amide bonds. The maximum absolute atomic E-state index is 13.0. The number of benzene rings is 1. The first-order valence-corrected chi connectivity index (χ1v) is 10.4. The quantitative estimate of drug-likeness (QED) is 0.667. The summed E-state index contributed by atoms with van der Waals surface area (Å²) >= 11 is 0. The molecule has 3 rings (SSSR count). The first kappa shape index (κ1) is 20.8. The number of nitrogens with two attached hydrogens (primary N) is 1. The number of nitrogens with one attached hydrogen (secondary N) is 1. The summed E-state index contributed by atoms with van der Waals surface area (Å²) in [7, 11) is 0. The molecule has 0 radical (unpaired) electrons. The normalized spacial score (nSPS) is 24.7. The third kappa shape index (κ3) is 4.23. The number of primary amides is 1. The smallest absolute Gasteiger partial charge is 0.256 e. The zero-order valence-corrected chi connectivity index (χ0v) is 17.0. The number of amides is 2. The van der Waals surface area contributed by atoms with Crippen LogP contribution in [0, 0.1) is 0 Å². The predicted octanol–water partition coefficient (Wildman–Crippen LogP) is 2.05. The summed E-state index contributed by atoms with van der Waals surface area (Å²) in [6.07, 6.45) is 4.33. The van der Waals surface area contributed by atoms with Crippen molar-refractivity contribution in [3.63, 3.8) is 0 Å². The van der Waals surface area contributed by atoms with Crippen molar-refractivity contribution in [1.82, 2.24) is 10.2 Å². The summed E-state index contributed by atoms with van der Waals surface area (Å²) in [5.41, 5.74) is 5.66.